The Hall–Kier alpha value is -2.30. The summed E-state index contributed by atoms with van der Waals surface area (Å²) in [6.07, 6.45) is 1.06. The van der Waals surface area contributed by atoms with E-state index in [9.17, 15) is 16.8 Å². The Morgan fingerprint density at radius 1 is 1.19 bits per heavy atom. The Morgan fingerprint density at radius 3 is 2.62 bits per heavy atom. The fourth-order valence-electron chi connectivity index (χ4n) is 2.62. The fourth-order valence-corrected chi connectivity index (χ4v) is 4.40. The van der Waals surface area contributed by atoms with Crippen molar-refractivity contribution in [1.29, 1.82) is 0 Å². The molecule has 10 heteroatoms. The summed E-state index contributed by atoms with van der Waals surface area (Å²) >= 11 is 0. The number of ether oxygens (including phenoxy) is 1. The van der Waals surface area contributed by atoms with Gasteiger partial charge in [-0.3, -0.25) is 4.72 Å². The quantitative estimate of drug-likeness (QED) is 0.799. The molecule has 0 atom stereocenters. The van der Waals surface area contributed by atoms with Gasteiger partial charge in [0, 0.05) is 18.7 Å². The maximum absolute atomic E-state index is 12.3. The summed E-state index contributed by atoms with van der Waals surface area (Å²) in [6.45, 7) is 2.83. The van der Waals surface area contributed by atoms with Crippen molar-refractivity contribution in [1.82, 2.24) is 4.72 Å². The van der Waals surface area contributed by atoms with Crippen LogP contribution < -0.4 is 19.1 Å². The van der Waals surface area contributed by atoms with Crippen molar-refractivity contribution in [3.8, 4) is 11.5 Å². The average molecular weight is 397 g/mol. The lowest BCUT2D eigenvalue weighted by atomic mass is 10.2. The van der Waals surface area contributed by atoms with Crippen LogP contribution in [0.2, 0.25) is 0 Å². The van der Waals surface area contributed by atoms with E-state index in [2.05, 4.69) is 9.44 Å². The number of nitrogens with zero attached hydrogens (tertiary/aromatic N) is 1. The van der Waals surface area contributed by atoms with Gasteiger partial charge >= 0.3 is 0 Å². The highest BCUT2D eigenvalue weighted by atomic mass is 32.2. The van der Waals surface area contributed by atoms with Gasteiger partial charge in [-0.1, -0.05) is 6.07 Å². The predicted molar refractivity (Wildman–Crippen MR) is 99.6 cm³/mol. The minimum absolute atomic E-state index is 0.147. The van der Waals surface area contributed by atoms with Crippen LogP contribution >= 0.6 is 0 Å². The van der Waals surface area contributed by atoms with Crippen LogP contribution in [0.15, 0.2) is 47.4 Å². The molecule has 0 spiro atoms. The number of rotatable bonds is 5. The van der Waals surface area contributed by atoms with E-state index in [0.29, 0.717) is 29.4 Å². The van der Waals surface area contributed by atoms with Crippen molar-refractivity contribution in [3.63, 3.8) is 0 Å². The van der Waals surface area contributed by atoms with Crippen molar-refractivity contribution in [2.24, 2.45) is 0 Å². The summed E-state index contributed by atoms with van der Waals surface area (Å²) < 4.78 is 57.8. The molecule has 0 bridgehead atoms. The van der Waals surface area contributed by atoms with Gasteiger partial charge in [0.1, 0.15) is 16.4 Å². The van der Waals surface area contributed by atoms with E-state index >= 15 is 0 Å². The predicted octanol–water partition coefficient (Wildman–Crippen LogP) is 1.93. The smallest absolute Gasteiger partial charge is 0.244 e. The highest BCUT2D eigenvalue weighted by Gasteiger charge is 2.27. The molecular formula is C16H19N3O5S2. The van der Waals surface area contributed by atoms with Crippen LogP contribution in [-0.2, 0) is 20.0 Å². The summed E-state index contributed by atoms with van der Waals surface area (Å²) in [7, 11) is -7.00. The first-order chi connectivity index (χ1) is 12.2. The standard InChI is InChI=1S/C16H19N3O5S2/c1-3-19-11-17-26(22,23)16-10-14(7-8-15(16)19)24-13-6-4-5-12(9-13)18-25(2,20)21/h4-10,17-18H,3,11H2,1-2H3. The van der Waals surface area contributed by atoms with E-state index < -0.39 is 20.0 Å². The molecule has 140 valence electrons. The average Bonchev–Trinajstić information content (AvgIpc) is 2.54. The molecule has 1 heterocycles. The van der Waals surface area contributed by atoms with Crippen molar-refractivity contribution >= 4 is 31.4 Å². The number of anilines is 2. The molecule has 0 amide bonds. The van der Waals surface area contributed by atoms with Gasteiger partial charge in [-0.25, -0.2) is 16.8 Å². The van der Waals surface area contributed by atoms with Gasteiger partial charge in [0.05, 0.1) is 24.3 Å². The lowest BCUT2D eigenvalue weighted by Crippen LogP contribution is -2.42. The highest BCUT2D eigenvalue weighted by Crippen LogP contribution is 2.34. The Labute approximate surface area is 152 Å². The largest absolute Gasteiger partial charge is 0.457 e. The minimum atomic E-state index is -3.60. The van der Waals surface area contributed by atoms with Crippen LogP contribution in [0.5, 0.6) is 11.5 Å². The zero-order chi connectivity index (χ0) is 18.9. The second kappa shape index (κ2) is 6.78. The summed E-state index contributed by atoms with van der Waals surface area (Å²) in [5.41, 5.74) is 0.973. The van der Waals surface area contributed by atoms with Crippen LogP contribution in [0.4, 0.5) is 11.4 Å². The second-order valence-electron chi connectivity index (χ2n) is 5.80. The third-order valence-corrected chi connectivity index (χ3v) is 5.78. The molecule has 0 unspecified atom stereocenters. The van der Waals surface area contributed by atoms with Crippen molar-refractivity contribution in [2.45, 2.75) is 11.8 Å². The van der Waals surface area contributed by atoms with E-state index in [1.807, 2.05) is 11.8 Å². The molecule has 1 aliphatic heterocycles. The summed E-state index contributed by atoms with van der Waals surface area (Å²) in [4.78, 5) is 2.05. The Kier molecular flexibility index (Phi) is 4.82. The summed E-state index contributed by atoms with van der Waals surface area (Å²) in [5.74, 6) is 0.718. The van der Waals surface area contributed by atoms with Crippen LogP contribution in [0.1, 0.15) is 6.92 Å². The van der Waals surface area contributed by atoms with Gasteiger partial charge in [-0.2, -0.15) is 4.72 Å². The van der Waals surface area contributed by atoms with E-state index in [-0.39, 0.29) is 11.6 Å². The molecule has 0 fully saturated rings. The van der Waals surface area contributed by atoms with Gasteiger partial charge in [0.2, 0.25) is 20.0 Å². The maximum atomic E-state index is 12.3. The first-order valence-electron chi connectivity index (χ1n) is 7.82. The molecule has 0 aromatic heterocycles. The highest BCUT2D eigenvalue weighted by molar-refractivity contribution is 7.92. The van der Waals surface area contributed by atoms with Crippen molar-refractivity contribution < 1.29 is 21.6 Å². The number of sulfonamides is 2. The van der Waals surface area contributed by atoms with Gasteiger partial charge in [0.25, 0.3) is 0 Å². The third-order valence-electron chi connectivity index (χ3n) is 3.76. The summed E-state index contributed by atoms with van der Waals surface area (Å²) in [5, 5.41) is 0. The Bertz CT molecular complexity index is 1040. The van der Waals surface area contributed by atoms with Gasteiger partial charge in [-0.05, 0) is 31.2 Å². The molecule has 2 aromatic carbocycles. The van der Waals surface area contributed by atoms with Crippen molar-refractivity contribution in [3.05, 3.63) is 42.5 Å². The van der Waals surface area contributed by atoms with Crippen LogP contribution in [0.3, 0.4) is 0 Å². The number of fused-ring (bicyclic) bond motifs is 1. The molecular weight excluding hydrogens is 378 g/mol. The normalized spacial score (nSPS) is 16.0. The molecule has 0 aliphatic carbocycles. The molecule has 0 radical (unpaired) electrons. The number of benzene rings is 2. The van der Waals surface area contributed by atoms with Gasteiger partial charge in [-0.15, -0.1) is 0 Å². The van der Waals surface area contributed by atoms with Crippen molar-refractivity contribution in [2.75, 3.05) is 29.1 Å². The molecule has 2 aromatic rings. The fraction of sp³-hybridized carbons (Fsp3) is 0.250. The van der Waals surface area contributed by atoms with Crippen LogP contribution in [0.25, 0.3) is 0 Å². The SMILES string of the molecule is CCN1CNS(=O)(=O)c2cc(Oc3cccc(NS(C)(=O)=O)c3)ccc21. The molecule has 3 rings (SSSR count). The lowest BCUT2D eigenvalue weighted by molar-refractivity contribution is 0.480. The van der Waals surface area contributed by atoms with Crippen LogP contribution in [-0.4, -0.2) is 36.3 Å². The lowest BCUT2D eigenvalue weighted by Gasteiger charge is -2.30. The maximum Gasteiger partial charge on any atom is 0.244 e. The number of hydrogen-bond acceptors (Lipinski definition) is 6. The third kappa shape index (κ3) is 4.09. The van der Waals surface area contributed by atoms with E-state index in [4.69, 9.17) is 4.74 Å². The molecule has 0 saturated heterocycles. The zero-order valence-corrected chi connectivity index (χ0v) is 15.9. The van der Waals surface area contributed by atoms with Crippen LogP contribution in [0, 0.1) is 0 Å². The van der Waals surface area contributed by atoms with E-state index in [1.54, 1.807) is 30.3 Å². The molecule has 0 saturated carbocycles. The Morgan fingerprint density at radius 2 is 1.92 bits per heavy atom. The molecule has 1 aliphatic rings. The van der Waals surface area contributed by atoms with Gasteiger partial charge < -0.3 is 9.64 Å². The molecule has 26 heavy (non-hydrogen) atoms. The second-order valence-corrected chi connectivity index (χ2v) is 9.28. The first-order valence-corrected chi connectivity index (χ1v) is 11.2. The van der Waals surface area contributed by atoms with Gasteiger partial charge in [0.15, 0.2) is 0 Å². The molecule has 8 nitrogen and oxygen atoms in total. The Balaban J connectivity index is 1.91. The zero-order valence-electron chi connectivity index (χ0n) is 14.3. The number of nitrogens with one attached hydrogen (secondary N) is 2. The summed E-state index contributed by atoms with van der Waals surface area (Å²) in [6, 6.07) is 11.2. The van der Waals surface area contributed by atoms with E-state index in [0.717, 1.165) is 6.26 Å². The minimum Gasteiger partial charge on any atom is -0.457 e. The topological polar surface area (TPSA) is 105 Å². The van der Waals surface area contributed by atoms with E-state index in [1.165, 1.54) is 12.1 Å². The number of hydrogen-bond donors (Lipinski definition) is 2. The molecule has 2 N–H and O–H groups in total. The monoisotopic (exact) mass is 397 g/mol. The first kappa shape index (κ1) is 18.5.